The van der Waals surface area contributed by atoms with Gasteiger partial charge in [-0.3, -0.25) is 14.4 Å². The Morgan fingerprint density at radius 2 is 1.90 bits per heavy atom. The number of hydrogen-bond donors (Lipinski definition) is 1. The standard InChI is InChI=1S/C21H25ClN2O5/c1-13(2)24-16(9-10-29-14(3)25)6-8-19(24)21(27)23-18-11-15(5-7-17(18)22)12-20(26)28-4/h5-8,11,13H,9-10,12H2,1-4H3,(H,23,27). The van der Waals surface area contributed by atoms with Gasteiger partial charge in [0.25, 0.3) is 5.91 Å². The molecule has 0 aliphatic rings. The van der Waals surface area contributed by atoms with Gasteiger partial charge in [-0.05, 0) is 43.7 Å². The van der Waals surface area contributed by atoms with Crippen molar-refractivity contribution in [2.24, 2.45) is 0 Å². The molecule has 29 heavy (non-hydrogen) atoms. The van der Waals surface area contributed by atoms with Crippen molar-refractivity contribution in [2.45, 2.75) is 39.7 Å². The number of carbonyl (C=O) groups excluding carboxylic acids is 3. The number of anilines is 1. The van der Waals surface area contributed by atoms with E-state index in [1.807, 2.05) is 24.5 Å². The van der Waals surface area contributed by atoms with E-state index in [2.05, 4.69) is 10.1 Å². The van der Waals surface area contributed by atoms with Crippen LogP contribution >= 0.6 is 11.6 Å². The molecule has 0 aliphatic heterocycles. The Balaban J connectivity index is 2.22. The van der Waals surface area contributed by atoms with E-state index in [-0.39, 0.29) is 36.9 Å². The van der Waals surface area contributed by atoms with Crippen LogP contribution in [0.1, 0.15) is 48.6 Å². The summed E-state index contributed by atoms with van der Waals surface area (Å²) in [5.74, 6) is -1.04. The van der Waals surface area contributed by atoms with Crippen LogP contribution < -0.4 is 5.32 Å². The maximum atomic E-state index is 12.9. The van der Waals surface area contributed by atoms with Gasteiger partial charge in [0.2, 0.25) is 0 Å². The molecule has 0 saturated heterocycles. The zero-order chi connectivity index (χ0) is 21.6. The number of aromatic nitrogens is 1. The third-order valence-corrected chi connectivity index (χ3v) is 4.60. The molecule has 0 atom stereocenters. The Morgan fingerprint density at radius 3 is 2.52 bits per heavy atom. The molecule has 0 unspecified atom stereocenters. The fraction of sp³-hybridized carbons (Fsp3) is 0.381. The summed E-state index contributed by atoms with van der Waals surface area (Å²) in [5, 5.41) is 3.18. The van der Waals surface area contributed by atoms with E-state index in [1.54, 1.807) is 24.3 Å². The van der Waals surface area contributed by atoms with Crippen LogP contribution in [0, 0.1) is 0 Å². The fourth-order valence-electron chi connectivity index (χ4n) is 2.99. The summed E-state index contributed by atoms with van der Waals surface area (Å²) < 4.78 is 11.6. The summed E-state index contributed by atoms with van der Waals surface area (Å²) in [6.45, 7) is 5.54. The minimum absolute atomic E-state index is 0.0270. The summed E-state index contributed by atoms with van der Waals surface area (Å²) in [6.07, 6.45) is 0.583. The predicted octanol–water partition coefficient (Wildman–Crippen LogP) is 3.80. The summed E-state index contributed by atoms with van der Waals surface area (Å²) in [4.78, 5) is 35.4. The molecule has 0 radical (unpaired) electrons. The maximum Gasteiger partial charge on any atom is 0.309 e. The Labute approximate surface area is 174 Å². The lowest BCUT2D eigenvalue weighted by Crippen LogP contribution is -2.20. The molecule has 156 valence electrons. The van der Waals surface area contributed by atoms with Crippen molar-refractivity contribution in [1.82, 2.24) is 4.57 Å². The Bertz CT molecular complexity index is 904. The molecule has 2 aromatic rings. The van der Waals surface area contributed by atoms with E-state index < -0.39 is 0 Å². The smallest absolute Gasteiger partial charge is 0.309 e. The zero-order valence-corrected chi connectivity index (χ0v) is 17.7. The molecule has 1 aromatic heterocycles. The second-order valence-electron chi connectivity index (χ2n) is 6.78. The van der Waals surface area contributed by atoms with Crippen molar-refractivity contribution < 1.29 is 23.9 Å². The van der Waals surface area contributed by atoms with Gasteiger partial charge >= 0.3 is 11.9 Å². The summed E-state index contributed by atoms with van der Waals surface area (Å²) in [5.41, 5.74) is 2.44. The van der Waals surface area contributed by atoms with Crippen molar-refractivity contribution in [2.75, 3.05) is 19.0 Å². The second kappa shape index (κ2) is 10.1. The van der Waals surface area contributed by atoms with E-state index in [1.165, 1.54) is 14.0 Å². The third kappa shape index (κ3) is 6.09. The van der Waals surface area contributed by atoms with Crippen molar-refractivity contribution in [3.05, 3.63) is 52.3 Å². The molecule has 0 fully saturated rings. The molecule has 0 spiro atoms. The monoisotopic (exact) mass is 420 g/mol. The Kier molecular flexibility index (Phi) is 7.84. The first-order valence-corrected chi connectivity index (χ1v) is 9.60. The Morgan fingerprint density at radius 1 is 1.17 bits per heavy atom. The number of esters is 2. The summed E-state index contributed by atoms with van der Waals surface area (Å²) >= 11 is 6.22. The molecule has 8 heteroatoms. The van der Waals surface area contributed by atoms with Gasteiger partial charge in [0.15, 0.2) is 0 Å². The number of halogens is 1. The number of amides is 1. The highest BCUT2D eigenvalue weighted by Crippen LogP contribution is 2.25. The van der Waals surface area contributed by atoms with Gasteiger partial charge in [-0.1, -0.05) is 17.7 Å². The molecule has 1 N–H and O–H groups in total. The fourth-order valence-corrected chi connectivity index (χ4v) is 3.16. The maximum absolute atomic E-state index is 12.9. The highest BCUT2D eigenvalue weighted by atomic mass is 35.5. The number of nitrogens with zero attached hydrogens (tertiary/aromatic N) is 1. The van der Waals surface area contributed by atoms with Gasteiger partial charge in [0, 0.05) is 25.1 Å². The number of carbonyl (C=O) groups is 3. The van der Waals surface area contributed by atoms with Gasteiger partial charge in [-0.15, -0.1) is 0 Å². The molecule has 1 heterocycles. The topological polar surface area (TPSA) is 86.6 Å². The first kappa shape index (κ1) is 22.5. The van der Waals surface area contributed by atoms with Gasteiger partial charge in [0.05, 0.1) is 30.8 Å². The van der Waals surface area contributed by atoms with Gasteiger partial charge < -0.3 is 19.4 Å². The van der Waals surface area contributed by atoms with Crippen molar-refractivity contribution in [1.29, 1.82) is 0 Å². The first-order valence-electron chi connectivity index (χ1n) is 9.23. The zero-order valence-electron chi connectivity index (χ0n) is 17.0. The number of hydrogen-bond acceptors (Lipinski definition) is 5. The SMILES string of the molecule is COC(=O)Cc1ccc(Cl)c(NC(=O)c2ccc(CCOC(C)=O)n2C(C)C)c1. The van der Waals surface area contributed by atoms with Gasteiger partial charge in [-0.25, -0.2) is 0 Å². The van der Waals surface area contributed by atoms with Crippen LogP contribution in [0.15, 0.2) is 30.3 Å². The van der Waals surface area contributed by atoms with Crippen LogP contribution in [0.3, 0.4) is 0 Å². The normalized spacial score (nSPS) is 10.7. The molecule has 0 aliphatic carbocycles. The molecule has 0 bridgehead atoms. The highest BCUT2D eigenvalue weighted by molar-refractivity contribution is 6.34. The predicted molar refractivity (Wildman–Crippen MR) is 110 cm³/mol. The molecule has 1 aromatic carbocycles. The lowest BCUT2D eigenvalue weighted by atomic mass is 10.1. The average Bonchev–Trinajstić information content (AvgIpc) is 3.08. The van der Waals surface area contributed by atoms with Crippen molar-refractivity contribution in [3.8, 4) is 0 Å². The lowest BCUT2D eigenvalue weighted by molar-refractivity contribution is -0.141. The number of rotatable bonds is 8. The van der Waals surface area contributed by atoms with Crippen LogP contribution in [-0.4, -0.2) is 36.1 Å². The van der Waals surface area contributed by atoms with Gasteiger partial charge in [-0.2, -0.15) is 0 Å². The highest BCUT2D eigenvalue weighted by Gasteiger charge is 2.18. The number of methoxy groups -OCH3 is 1. The summed E-state index contributed by atoms with van der Waals surface area (Å²) in [6, 6.07) is 8.58. The minimum atomic E-state index is -0.379. The van der Waals surface area contributed by atoms with E-state index in [4.69, 9.17) is 16.3 Å². The largest absolute Gasteiger partial charge is 0.469 e. The van der Waals surface area contributed by atoms with Crippen LogP contribution in [0.5, 0.6) is 0 Å². The van der Waals surface area contributed by atoms with E-state index in [9.17, 15) is 14.4 Å². The van der Waals surface area contributed by atoms with E-state index in [0.29, 0.717) is 28.4 Å². The van der Waals surface area contributed by atoms with Gasteiger partial charge in [0.1, 0.15) is 5.69 Å². The van der Waals surface area contributed by atoms with Crippen LogP contribution in [0.25, 0.3) is 0 Å². The minimum Gasteiger partial charge on any atom is -0.469 e. The number of benzene rings is 1. The number of nitrogens with one attached hydrogen (secondary N) is 1. The molecular formula is C21H25ClN2O5. The molecule has 0 saturated carbocycles. The second-order valence-corrected chi connectivity index (χ2v) is 7.19. The summed E-state index contributed by atoms with van der Waals surface area (Å²) in [7, 11) is 1.32. The number of ether oxygens (including phenoxy) is 2. The van der Waals surface area contributed by atoms with Crippen LogP contribution in [0.2, 0.25) is 5.02 Å². The van der Waals surface area contributed by atoms with Crippen LogP contribution in [-0.2, 0) is 31.9 Å². The molecular weight excluding hydrogens is 396 g/mol. The average molecular weight is 421 g/mol. The molecule has 1 amide bonds. The van der Waals surface area contributed by atoms with Crippen molar-refractivity contribution >= 4 is 35.1 Å². The lowest BCUT2D eigenvalue weighted by Gasteiger charge is -2.17. The quantitative estimate of drug-likeness (QED) is 0.656. The molecule has 2 rings (SSSR count). The van der Waals surface area contributed by atoms with E-state index >= 15 is 0 Å². The van der Waals surface area contributed by atoms with Crippen LogP contribution in [0.4, 0.5) is 5.69 Å². The first-order chi connectivity index (χ1) is 13.7. The van der Waals surface area contributed by atoms with E-state index in [0.717, 1.165) is 5.69 Å². The molecule has 7 nitrogen and oxygen atoms in total. The van der Waals surface area contributed by atoms with Crippen molar-refractivity contribution in [3.63, 3.8) is 0 Å². The Hall–Kier alpha value is -2.80. The third-order valence-electron chi connectivity index (χ3n) is 4.27.